The molecule has 1 amide bonds. The van der Waals surface area contributed by atoms with E-state index < -0.39 is 0 Å². The van der Waals surface area contributed by atoms with E-state index in [0.29, 0.717) is 11.8 Å². The van der Waals surface area contributed by atoms with Crippen molar-refractivity contribution in [2.24, 2.45) is 11.8 Å². The van der Waals surface area contributed by atoms with Crippen LogP contribution in [0.25, 0.3) is 0 Å². The molecular weight excluding hydrogens is 248 g/mol. The molecule has 0 radical (unpaired) electrons. The summed E-state index contributed by atoms with van der Waals surface area (Å²) in [6.07, 6.45) is 0.865. The van der Waals surface area contributed by atoms with Gasteiger partial charge < -0.3 is 4.90 Å². The zero-order chi connectivity index (χ0) is 14.7. The number of carbonyl (C=O) groups excluding carboxylic acids is 1. The Morgan fingerprint density at radius 2 is 1.85 bits per heavy atom. The van der Waals surface area contributed by atoms with Gasteiger partial charge in [-0.15, -0.1) is 0 Å². The van der Waals surface area contributed by atoms with Crippen molar-refractivity contribution < 1.29 is 4.79 Å². The van der Waals surface area contributed by atoms with Crippen molar-refractivity contribution in [3.8, 4) is 0 Å². The Labute approximate surface area is 122 Å². The summed E-state index contributed by atoms with van der Waals surface area (Å²) in [5, 5.41) is 3.48. The topological polar surface area (TPSA) is 32.3 Å². The van der Waals surface area contributed by atoms with Gasteiger partial charge in [0.25, 0.3) is 0 Å². The van der Waals surface area contributed by atoms with Crippen LogP contribution in [0.2, 0.25) is 0 Å². The van der Waals surface area contributed by atoms with E-state index in [1.807, 2.05) is 23.1 Å². The van der Waals surface area contributed by atoms with Crippen LogP contribution in [-0.4, -0.2) is 23.4 Å². The molecule has 1 aliphatic rings. The quantitative estimate of drug-likeness (QED) is 0.894. The molecule has 3 heteroatoms. The summed E-state index contributed by atoms with van der Waals surface area (Å²) < 4.78 is 0. The first kappa shape index (κ1) is 15.0. The molecule has 1 aromatic rings. The molecule has 1 aliphatic heterocycles. The smallest absolute Gasteiger partial charge is 0.241 e. The van der Waals surface area contributed by atoms with Crippen molar-refractivity contribution in [3.05, 3.63) is 35.9 Å². The Morgan fingerprint density at radius 3 is 2.40 bits per heavy atom. The summed E-state index contributed by atoms with van der Waals surface area (Å²) in [4.78, 5) is 14.6. The largest absolute Gasteiger partial charge is 0.321 e. The predicted molar refractivity (Wildman–Crippen MR) is 82.1 cm³/mol. The number of nitrogens with one attached hydrogen (secondary N) is 1. The molecule has 1 N–H and O–H groups in total. The third kappa shape index (κ3) is 3.04. The van der Waals surface area contributed by atoms with Crippen LogP contribution in [-0.2, 0) is 4.79 Å². The molecule has 3 unspecified atom stereocenters. The number of benzene rings is 1. The van der Waals surface area contributed by atoms with Gasteiger partial charge in [-0.2, -0.15) is 0 Å². The van der Waals surface area contributed by atoms with E-state index in [0.717, 1.165) is 13.0 Å². The van der Waals surface area contributed by atoms with Gasteiger partial charge in [-0.3, -0.25) is 10.1 Å². The molecule has 1 aromatic carbocycles. The van der Waals surface area contributed by atoms with E-state index in [1.54, 1.807) is 0 Å². The van der Waals surface area contributed by atoms with Crippen molar-refractivity contribution in [3.63, 3.8) is 0 Å². The van der Waals surface area contributed by atoms with Gasteiger partial charge in [0.15, 0.2) is 0 Å². The third-order valence-corrected chi connectivity index (χ3v) is 4.40. The Hall–Kier alpha value is -1.35. The molecular formula is C17H26N2O. The van der Waals surface area contributed by atoms with Gasteiger partial charge in [0.2, 0.25) is 5.91 Å². The number of carbonyl (C=O) groups is 1. The summed E-state index contributed by atoms with van der Waals surface area (Å²) in [5.41, 5.74) is 1.17. The molecule has 0 aliphatic carbocycles. The average molecular weight is 274 g/mol. The molecule has 0 saturated carbocycles. The van der Waals surface area contributed by atoms with E-state index in [2.05, 4.69) is 45.1 Å². The normalized spacial score (nSPS) is 24.4. The lowest BCUT2D eigenvalue weighted by molar-refractivity contribution is -0.130. The molecule has 0 spiro atoms. The minimum absolute atomic E-state index is 0.0230. The zero-order valence-corrected chi connectivity index (χ0v) is 13.0. The molecule has 2 rings (SSSR count). The highest BCUT2D eigenvalue weighted by atomic mass is 16.2. The Bertz CT molecular complexity index is 444. The number of rotatable bonds is 5. The molecule has 0 aromatic heterocycles. The molecule has 1 heterocycles. The maximum Gasteiger partial charge on any atom is 0.241 e. The van der Waals surface area contributed by atoms with Crippen LogP contribution in [0.1, 0.15) is 45.8 Å². The minimum Gasteiger partial charge on any atom is -0.321 e. The number of hydrogen-bond donors (Lipinski definition) is 1. The molecule has 1 fully saturated rings. The van der Waals surface area contributed by atoms with E-state index in [9.17, 15) is 4.79 Å². The van der Waals surface area contributed by atoms with Gasteiger partial charge in [0.05, 0.1) is 6.04 Å². The van der Waals surface area contributed by atoms with E-state index in [4.69, 9.17) is 0 Å². The van der Waals surface area contributed by atoms with Crippen molar-refractivity contribution >= 4 is 5.91 Å². The standard InChI is InChI=1S/C17H26N2O/c1-5-15-17(20)19(11-13(4)12(2)3)16(18-15)14-9-7-6-8-10-14/h6-10,12-13,15-16,18H,5,11H2,1-4H3. The molecule has 3 nitrogen and oxygen atoms in total. The van der Waals surface area contributed by atoms with Crippen molar-refractivity contribution in [2.75, 3.05) is 6.54 Å². The fourth-order valence-electron chi connectivity index (χ4n) is 2.60. The zero-order valence-electron chi connectivity index (χ0n) is 13.0. The first-order valence-corrected chi connectivity index (χ1v) is 7.66. The Kier molecular flexibility index (Phi) is 4.81. The van der Waals surface area contributed by atoms with Crippen molar-refractivity contribution in [1.82, 2.24) is 10.2 Å². The van der Waals surface area contributed by atoms with Gasteiger partial charge in [0, 0.05) is 6.54 Å². The van der Waals surface area contributed by atoms with Crippen LogP contribution in [0, 0.1) is 11.8 Å². The monoisotopic (exact) mass is 274 g/mol. The lowest BCUT2D eigenvalue weighted by Gasteiger charge is -2.29. The second-order valence-corrected chi connectivity index (χ2v) is 6.15. The third-order valence-electron chi connectivity index (χ3n) is 4.40. The molecule has 3 atom stereocenters. The highest BCUT2D eigenvalue weighted by Gasteiger charge is 2.39. The summed E-state index contributed by atoms with van der Waals surface area (Å²) in [6, 6.07) is 10.2. The maximum atomic E-state index is 12.5. The summed E-state index contributed by atoms with van der Waals surface area (Å²) in [6.45, 7) is 9.53. The highest BCUT2D eigenvalue weighted by molar-refractivity contribution is 5.84. The first-order valence-electron chi connectivity index (χ1n) is 7.66. The van der Waals surface area contributed by atoms with Gasteiger partial charge in [-0.05, 0) is 23.8 Å². The maximum absolute atomic E-state index is 12.5. The Balaban J connectivity index is 2.22. The number of nitrogens with zero attached hydrogens (tertiary/aromatic N) is 1. The average Bonchev–Trinajstić information content (AvgIpc) is 2.76. The predicted octanol–water partition coefficient (Wildman–Crippen LogP) is 3.19. The summed E-state index contributed by atoms with van der Waals surface area (Å²) in [5.74, 6) is 1.33. The second kappa shape index (κ2) is 6.40. The van der Waals surface area contributed by atoms with Gasteiger partial charge in [0.1, 0.15) is 6.17 Å². The molecule has 20 heavy (non-hydrogen) atoms. The Morgan fingerprint density at radius 1 is 1.20 bits per heavy atom. The number of amides is 1. The second-order valence-electron chi connectivity index (χ2n) is 6.15. The van der Waals surface area contributed by atoms with Crippen LogP contribution >= 0.6 is 0 Å². The van der Waals surface area contributed by atoms with Gasteiger partial charge in [-0.25, -0.2) is 0 Å². The SMILES string of the molecule is CCC1NC(c2ccccc2)N(CC(C)C(C)C)C1=O. The van der Waals surface area contributed by atoms with Crippen LogP contribution < -0.4 is 5.32 Å². The van der Waals surface area contributed by atoms with Gasteiger partial charge >= 0.3 is 0 Å². The van der Waals surface area contributed by atoms with Crippen LogP contribution in [0.15, 0.2) is 30.3 Å². The number of hydrogen-bond acceptors (Lipinski definition) is 2. The molecule has 110 valence electrons. The highest BCUT2D eigenvalue weighted by Crippen LogP contribution is 2.28. The minimum atomic E-state index is -0.0421. The van der Waals surface area contributed by atoms with Crippen molar-refractivity contribution in [2.45, 2.75) is 46.3 Å². The lowest BCUT2D eigenvalue weighted by atomic mass is 9.97. The fraction of sp³-hybridized carbons (Fsp3) is 0.588. The lowest BCUT2D eigenvalue weighted by Crippen LogP contribution is -2.35. The van der Waals surface area contributed by atoms with Crippen LogP contribution in [0.4, 0.5) is 0 Å². The van der Waals surface area contributed by atoms with E-state index in [1.165, 1.54) is 5.56 Å². The summed E-state index contributed by atoms with van der Waals surface area (Å²) in [7, 11) is 0. The van der Waals surface area contributed by atoms with Crippen LogP contribution in [0.5, 0.6) is 0 Å². The van der Waals surface area contributed by atoms with Gasteiger partial charge in [-0.1, -0.05) is 58.0 Å². The van der Waals surface area contributed by atoms with Crippen molar-refractivity contribution in [1.29, 1.82) is 0 Å². The van der Waals surface area contributed by atoms with E-state index in [-0.39, 0.29) is 18.1 Å². The fourth-order valence-corrected chi connectivity index (χ4v) is 2.60. The summed E-state index contributed by atoms with van der Waals surface area (Å²) >= 11 is 0. The van der Waals surface area contributed by atoms with E-state index >= 15 is 0 Å². The van der Waals surface area contributed by atoms with Crippen LogP contribution in [0.3, 0.4) is 0 Å². The molecule has 1 saturated heterocycles. The first-order chi connectivity index (χ1) is 9.54. The molecule has 0 bridgehead atoms.